The van der Waals surface area contributed by atoms with Crippen LogP contribution in [0.15, 0.2) is 46.9 Å². The zero-order chi connectivity index (χ0) is 21.8. The zero-order valence-electron chi connectivity index (χ0n) is 16.8. The Morgan fingerprint density at radius 1 is 1.17 bits per heavy atom. The van der Waals surface area contributed by atoms with E-state index in [0.29, 0.717) is 30.0 Å². The molecule has 0 aliphatic heterocycles. The SMILES string of the molecule is CCN(CC)C(=O)c1ccc(NC(=O)c2nnn(-c3cccc(Br)c3)c2C)cc1Cl. The van der Waals surface area contributed by atoms with Gasteiger partial charge in [0.1, 0.15) is 0 Å². The van der Waals surface area contributed by atoms with Gasteiger partial charge in [0.05, 0.1) is 22.0 Å². The van der Waals surface area contributed by atoms with E-state index in [-0.39, 0.29) is 16.6 Å². The van der Waals surface area contributed by atoms with Crippen LogP contribution in [0.5, 0.6) is 0 Å². The van der Waals surface area contributed by atoms with E-state index >= 15 is 0 Å². The van der Waals surface area contributed by atoms with Crippen LogP contribution in [0.3, 0.4) is 0 Å². The molecule has 0 radical (unpaired) electrons. The minimum absolute atomic E-state index is 0.143. The molecule has 0 aliphatic carbocycles. The molecule has 30 heavy (non-hydrogen) atoms. The summed E-state index contributed by atoms with van der Waals surface area (Å²) < 4.78 is 2.49. The van der Waals surface area contributed by atoms with E-state index in [9.17, 15) is 9.59 Å². The van der Waals surface area contributed by atoms with Crippen LogP contribution in [0.2, 0.25) is 5.02 Å². The van der Waals surface area contributed by atoms with Gasteiger partial charge in [-0.1, -0.05) is 38.8 Å². The smallest absolute Gasteiger partial charge is 0.278 e. The van der Waals surface area contributed by atoms with Crippen molar-refractivity contribution >= 4 is 45.0 Å². The van der Waals surface area contributed by atoms with Gasteiger partial charge in [0.2, 0.25) is 0 Å². The molecule has 7 nitrogen and oxygen atoms in total. The quantitative estimate of drug-likeness (QED) is 0.542. The molecule has 0 atom stereocenters. The van der Waals surface area contributed by atoms with Crippen molar-refractivity contribution in [2.24, 2.45) is 0 Å². The van der Waals surface area contributed by atoms with Gasteiger partial charge in [0.25, 0.3) is 11.8 Å². The predicted molar refractivity (Wildman–Crippen MR) is 120 cm³/mol. The molecule has 9 heteroatoms. The second kappa shape index (κ2) is 9.40. The van der Waals surface area contributed by atoms with Gasteiger partial charge in [-0.15, -0.1) is 5.10 Å². The number of nitrogens with zero attached hydrogens (tertiary/aromatic N) is 4. The van der Waals surface area contributed by atoms with Gasteiger partial charge in [-0.3, -0.25) is 9.59 Å². The maximum atomic E-state index is 12.7. The van der Waals surface area contributed by atoms with Gasteiger partial charge in [-0.05, 0) is 57.2 Å². The summed E-state index contributed by atoms with van der Waals surface area (Å²) in [4.78, 5) is 26.9. The second-order valence-electron chi connectivity index (χ2n) is 6.54. The van der Waals surface area contributed by atoms with Gasteiger partial charge in [-0.2, -0.15) is 0 Å². The zero-order valence-corrected chi connectivity index (χ0v) is 19.2. The molecular weight excluding hydrogens is 470 g/mol. The number of rotatable bonds is 6. The third-order valence-electron chi connectivity index (χ3n) is 4.67. The largest absolute Gasteiger partial charge is 0.339 e. The second-order valence-corrected chi connectivity index (χ2v) is 7.86. The number of carbonyl (C=O) groups excluding carboxylic acids is 2. The molecule has 3 aromatic rings. The van der Waals surface area contributed by atoms with Crippen molar-refractivity contribution in [3.63, 3.8) is 0 Å². The number of hydrogen-bond acceptors (Lipinski definition) is 4. The highest BCUT2D eigenvalue weighted by Gasteiger charge is 2.20. The highest BCUT2D eigenvalue weighted by molar-refractivity contribution is 9.10. The highest BCUT2D eigenvalue weighted by atomic mass is 79.9. The first-order valence-corrected chi connectivity index (χ1v) is 10.6. The Kier molecular flexibility index (Phi) is 6.89. The number of halogens is 2. The monoisotopic (exact) mass is 489 g/mol. The predicted octanol–water partition coefficient (Wildman–Crippen LogP) is 4.73. The number of anilines is 1. The van der Waals surface area contributed by atoms with Crippen LogP contribution in [-0.4, -0.2) is 44.8 Å². The summed E-state index contributed by atoms with van der Waals surface area (Å²) in [5.74, 6) is -0.552. The first-order valence-electron chi connectivity index (χ1n) is 9.44. The van der Waals surface area contributed by atoms with Gasteiger partial charge >= 0.3 is 0 Å². The van der Waals surface area contributed by atoms with E-state index in [1.165, 1.54) is 0 Å². The van der Waals surface area contributed by atoms with Crippen molar-refractivity contribution in [3.05, 3.63) is 68.9 Å². The molecule has 0 saturated carbocycles. The van der Waals surface area contributed by atoms with E-state index in [1.807, 2.05) is 38.1 Å². The fourth-order valence-corrected chi connectivity index (χ4v) is 3.68. The molecule has 1 N–H and O–H groups in total. The van der Waals surface area contributed by atoms with Gasteiger partial charge < -0.3 is 10.2 Å². The van der Waals surface area contributed by atoms with Crippen molar-refractivity contribution in [2.75, 3.05) is 18.4 Å². The Morgan fingerprint density at radius 2 is 1.90 bits per heavy atom. The summed E-state index contributed by atoms with van der Waals surface area (Å²) in [5.41, 5.74) is 2.46. The molecule has 0 unspecified atom stereocenters. The lowest BCUT2D eigenvalue weighted by Crippen LogP contribution is -2.30. The highest BCUT2D eigenvalue weighted by Crippen LogP contribution is 2.23. The molecule has 0 spiro atoms. The van der Waals surface area contributed by atoms with Crippen molar-refractivity contribution in [2.45, 2.75) is 20.8 Å². The maximum absolute atomic E-state index is 12.7. The lowest BCUT2D eigenvalue weighted by molar-refractivity contribution is 0.0773. The molecule has 1 heterocycles. The third-order valence-corrected chi connectivity index (χ3v) is 5.48. The molecule has 156 valence electrons. The Labute approximate surface area is 188 Å². The summed E-state index contributed by atoms with van der Waals surface area (Å²) in [6.45, 7) is 6.78. The van der Waals surface area contributed by atoms with Gasteiger partial charge in [0, 0.05) is 23.2 Å². The van der Waals surface area contributed by atoms with Crippen molar-refractivity contribution in [1.29, 1.82) is 0 Å². The van der Waals surface area contributed by atoms with E-state index in [2.05, 4.69) is 31.6 Å². The van der Waals surface area contributed by atoms with Gasteiger partial charge in [-0.25, -0.2) is 4.68 Å². The standard InChI is InChI=1S/C21H21BrClN5O2/c1-4-27(5-2)21(30)17-10-9-15(12-18(17)23)24-20(29)19-13(3)28(26-25-19)16-8-6-7-14(22)11-16/h6-12H,4-5H2,1-3H3,(H,24,29). The summed E-state index contributed by atoms with van der Waals surface area (Å²) >= 11 is 9.73. The van der Waals surface area contributed by atoms with E-state index in [4.69, 9.17) is 11.6 Å². The minimum atomic E-state index is -0.410. The Hall–Kier alpha value is -2.71. The molecule has 2 aromatic carbocycles. The van der Waals surface area contributed by atoms with Crippen molar-refractivity contribution in [1.82, 2.24) is 19.9 Å². The molecular formula is C21H21BrClN5O2. The van der Waals surface area contributed by atoms with Crippen LogP contribution in [0.25, 0.3) is 5.69 Å². The lowest BCUT2D eigenvalue weighted by Gasteiger charge is -2.19. The Bertz CT molecular complexity index is 1090. The number of nitrogens with one attached hydrogen (secondary N) is 1. The van der Waals surface area contributed by atoms with Crippen molar-refractivity contribution in [3.8, 4) is 5.69 Å². The van der Waals surface area contributed by atoms with Crippen LogP contribution in [0.4, 0.5) is 5.69 Å². The van der Waals surface area contributed by atoms with Crippen LogP contribution in [0, 0.1) is 6.92 Å². The number of aromatic nitrogens is 3. The molecule has 0 saturated heterocycles. The van der Waals surface area contributed by atoms with E-state index < -0.39 is 5.91 Å². The normalized spacial score (nSPS) is 10.7. The fraction of sp³-hybridized carbons (Fsp3) is 0.238. The Balaban J connectivity index is 1.80. The van der Waals surface area contributed by atoms with Crippen LogP contribution in [0.1, 0.15) is 40.4 Å². The minimum Gasteiger partial charge on any atom is -0.339 e. The fourth-order valence-electron chi connectivity index (χ4n) is 3.03. The van der Waals surface area contributed by atoms with Crippen LogP contribution < -0.4 is 5.32 Å². The average Bonchev–Trinajstić information content (AvgIpc) is 3.10. The van der Waals surface area contributed by atoms with Crippen LogP contribution in [-0.2, 0) is 0 Å². The number of amides is 2. The molecule has 3 rings (SSSR count). The molecule has 1 aromatic heterocycles. The maximum Gasteiger partial charge on any atom is 0.278 e. The molecule has 0 fully saturated rings. The topological polar surface area (TPSA) is 80.1 Å². The van der Waals surface area contributed by atoms with Crippen LogP contribution >= 0.6 is 27.5 Å². The molecule has 0 aliphatic rings. The van der Waals surface area contributed by atoms with E-state index in [1.54, 1.807) is 34.7 Å². The third kappa shape index (κ3) is 4.55. The molecule has 0 bridgehead atoms. The lowest BCUT2D eigenvalue weighted by atomic mass is 10.1. The summed E-state index contributed by atoms with van der Waals surface area (Å²) in [6.07, 6.45) is 0. The number of benzene rings is 2. The van der Waals surface area contributed by atoms with Gasteiger partial charge in [0.15, 0.2) is 5.69 Å². The Morgan fingerprint density at radius 3 is 2.53 bits per heavy atom. The first-order chi connectivity index (χ1) is 14.3. The number of carbonyl (C=O) groups is 2. The summed E-state index contributed by atoms with van der Waals surface area (Å²) in [6, 6.07) is 12.4. The molecule has 2 amide bonds. The average molecular weight is 491 g/mol. The van der Waals surface area contributed by atoms with E-state index in [0.717, 1.165) is 10.2 Å². The summed E-state index contributed by atoms with van der Waals surface area (Å²) in [7, 11) is 0. The van der Waals surface area contributed by atoms with Crippen molar-refractivity contribution < 1.29 is 9.59 Å². The number of hydrogen-bond donors (Lipinski definition) is 1. The summed E-state index contributed by atoms with van der Waals surface area (Å²) in [5, 5.41) is 11.2. The first kappa shape index (κ1) is 22.0.